The van der Waals surface area contributed by atoms with Gasteiger partial charge in [-0.25, -0.2) is 0 Å². The summed E-state index contributed by atoms with van der Waals surface area (Å²) in [5.74, 6) is -0.272. The first-order valence-electron chi connectivity index (χ1n) is 9.41. The van der Waals surface area contributed by atoms with Gasteiger partial charge in [0.25, 0.3) is 11.8 Å². The van der Waals surface area contributed by atoms with Gasteiger partial charge in [-0.05, 0) is 60.2 Å². The summed E-state index contributed by atoms with van der Waals surface area (Å²) in [7, 11) is 0. The average Bonchev–Trinajstić information content (AvgIpc) is 3.29. The number of rotatable bonds is 5. The fourth-order valence-corrected chi connectivity index (χ4v) is 3.27. The number of benzene rings is 3. The third kappa shape index (κ3) is 3.89. The third-order valence-electron chi connectivity index (χ3n) is 4.72. The second-order valence-corrected chi connectivity index (χ2v) is 6.59. The highest BCUT2D eigenvalue weighted by Gasteiger charge is 2.17. The van der Waals surface area contributed by atoms with Crippen molar-refractivity contribution in [1.82, 2.24) is 0 Å². The van der Waals surface area contributed by atoms with Crippen molar-refractivity contribution >= 4 is 34.0 Å². The number of hydrogen-bond donors (Lipinski definition) is 1. The quantitative estimate of drug-likeness (QED) is 0.504. The Morgan fingerprint density at radius 1 is 0.897 bits per heavy atom. The maximum atomic E-state index is 13.2. The molecule has 1 aromatic heterocycles. The molecule has 4 rings (SSSR count). The molecule has 29 heavy (non-hydrogen) atoms. The van der Waals surface area contributed by atoms with Gasteiger partial charge in [0.2, 0.25) is 0 Å². The first-order chi connectivity index (χ1) is 14.2. The highest BCUT2D eigenvalue weighted by Crippen LogP contribution is 2.24. The van der Waals surface area contributed by atoms with Crippen LogP contribution >= 0.6 is 0 Å². The molecule has 0 bridgehead atoms. The molecule has 0 atom stereocenters. The normalized spacial score (nSPS) is 10.7. The van der Waals surface area contributed by atoms with E-state index in [0.29, 0.717) is 17.8 Å². The van der Waals surface area contributed by atoms with Crippen LogP contribution in [-0.4, -0.2) is 18.4 Å². The SMILES string of the molecule is CCN(C(=O)c1cccc(NC(=O)c2ccco2)c1)c1ccc2ccccc2c1. The van der Waals surface area contributed by atoms with Crippen molar-refractivity contribution in [3.8, 4) is 0 Å². The van der Waals surface area contributed by atoms with Gasteiger partial charge >= 0.3 is 0 Å². The van der Waals surface area contributed by atoms with Crippen molar-refractivity contribution in [2.24, 2.45) is 0 Å². The summed E-state index contributed by atoms with van der Waals surface area (Å²) in [5, 5.41) is 4.96. The van der Waals surface area contributed by atoms with Crippen LogP contribution in [0.5, 0.6) is 0 Å². The van der Waals surface area contributed by atoms with Crippen LogP contribution in [0.25, 0.3) is 10.8 Å². The maximum Gasteiger partial charge on any atom is 0.291 e. The molecule has 0 radical (unpaired) electrons. The lowest BCUT2D eigenvalue weighted by Gasteiger charge is -2.22. The molecule has 1 N–H and O–H groups in total. The van der Waals surface area contributed by atoms with E-state index in [1.165, 1.54) is 6.26 Å². The van der Waals surface area contributed by atoms with Gasteiger partial charge in [-0.3, -0.25) is 9.59 Å². The van der Waals surface area contributed by atoms with E-state index in [1.807, 2.05) is 49.4 Å². The summed E-state index contributed by atoms with van der Waals surface area (Å²) in [6.45, 7) is 2.47. The fourth-order valence-electron chi connectivity index (χ4n) is 3.27. The number of furan rings is 1. The highest BCUT2D eigenvalue weighted by atomic mass is 16.3. The van der Waals surface area contributed by atoms with Crippen LogP contribution in [0.15, 0.2) is 89.5 Å². The Bertz CT molecular complexity index is 1170. The van der Waals surface area contributed by atoms with E-state index in [1.54, 1.807) is 41.3 Å². The number of carbonyl (C=O) groups excluding carboxylic acids is 2. The molecule has 144 valence electrons. The number of nitrogens with zero attached hydrogens (tertiary/aromatic N) is 1. The molecule has 2 amide bonds. The average molecular weight is 384 g/mol. The van der Waals surface area contributed by atoms with Gasteiger partial charge in [0.05, 0.1) is 6.26 Å². The van der Waals surface area contributed by atoms with Crippen LogP contribution < -0.4 is 10.2 Å². The predicted molar refractivity (Wildman–Crippen MR) is 114 cm³/mol. The minimum Gasteiger partial charge on any atom is -0.459 e. The van der Waals surface area contributed by atoms with Crippen LogP contribution in [0, 0.1) is 0 Å². The van der Waals surface area contributed by atoms with Gasteiger partial charge in [0.1, 0.15) is 0 Å². The van der Waals surface area contributed by atoms with Crippen molar-refractivity contribution < 1.29 is 14.0 Å². The predicted octanol–water partition coefficient (Wildman–Crippen LogP) is 5.35. The van der Waals surface area contributed by atoms with Crippen molar-refractivity contribution in [1.29, 1.82) is 0 Å². The van der Waals surface area contributed by atoms with Gasteiger partial charge in [-0.2, -0.15) is 0 Å². The Morgan fingerprint density at radius 2 is 1.72 bits per heavy atom. The number of carbonyl (C=O) groups is 2. The Kier molecular flexibility index (Phi) is 5.12. The molecule has 0 aliphatic carbocycles. The van der Waals surface area contributed by atoms with Gasteiger partial charge < -0.3 is 14.6 Å². The fraction of sp³-hybridized carbons (Fsp3) is 0.0833. The third-order valence-corrected chi connectivity index (χ3v) is 4.72. The van der Waals surface area contributed by atoms with Crippen LogP contribution in [0.3, 0.4) is 0 Å². The first kappa shape index (κ1) is 18.5. The summed E-state index contributed by atoms with van der Waals surface area (Å²) in [6, 6.07) is 24.2. The van der Waals surface area contributed by atoms with Crippen LogP contribution in [0.4, 0.5) is 11.4 Å². The minimum absolute atomic E-state index is 0.128. The van der Waals surface area contributed by atoms with Crippen molar-refractivity contribution in [3.05, 3.63) is 96.4 Å². The number of anilines is 2. The van der Waals surface area contributed by atoms with E-state index < -0.39 is 0 Å². The molecule has 0 aliphatic rings. The zero-order valence-corrected chi connectivity index (χ0v) is 16.0. The lowest BCUT2D eigenvalue weighted by molar-refractivity contribution is 0.0982. The Labute approximate surface area is 168 Å². The lowest BCUT2D eigenvalue weighted by atomic mass is 10.1. The van der Waals surface area contributed by atoms with Crippen LogP contribution in [0.1, 0.15) is 27.8 Å². The van der Waals surface area contributed by atoms with E-state index in [2.05, 4.69) is 5.32 Å². The summed E-state index contributed by atoms with van der Waals surface area (Å²) in [6.07, 6.45) is 1.44. The van der Waals surface area contributed by atoms with Gasteiger partial charge in [-0.15, -0.1) is 0 Å². The molecule has 1 heterocycles. The van der Waals surface area contributed by atoms with Gasteiger partial charge in [0.15, 0.2) is 5.76 Å². The number of fused-ring (bicyclic) bond motifs is 1. The monoisotopic (exact) mass is 384 g/mol. The Hall–Kier alpha value is -3.86. The second kappa shape index (κ2) is 8.02. The van der Waals surface area contributed by atoms with Crippen LogP contribution in [-0.2, 0) is 0 Å². The maximum absolute atomic E-state index is 13.2. The van der Waals surface area contributed by atoms with E-state index >= 15 is 0 Å². The van der Waals surface area contributed by atoms with E-state index in [4.69, 9.17) is 4.42 Å². The second-order valence-electron chi connectivity index (χ2n) is 6.59. The zero-order valence-electron chi connectivity index (χ0n) is 16.0. The Balaban J connectivity index is 1.59. The smallest absolute Gasteiger partial charge is 0.291 e. The van der Waals surface area contributed by atoms with Crippen molar-refractivity contribution in [2.75, 3.05) is 16.8 Å². The van der Waals surface area contributed by atoms with Gasteiger partial charge in [0, 0.05) is 23.5 Å². The molecule has 0 saturated heterocycles. The molecule has 0 unspecified atom stereocenters. The first-order valence-corrected chi connectivity index (χ1v) is 9.41. The molecule has 0 fully saturated rings. The standard InChI is InChI=1S/C24H20N2O3/c1-2-26(21-13-12-17-7-3-4-8-18(17)16-21)24(28)19-9-5-10-20(15-19)25-23(27)22-11-6-14-29-22/h3-16H,2H2,1H3,(H,25,27). The Morgan fingerprint density at radius 3 is 2.48 bits per heavy atom. The molecule has 3 aromatic carbocycles. The highest BCUT2D eigenvalue weighted by molar-refractivity contribution is 6.08. The summed E-state index contributed by atoms with van der Waals surface area (Å²) < 4.78 is 5.11. The molecule has 4 aromatic rings. The summed E-state index contributed by atoms with van der Waals surface area (Å²) in [5.41, 5.74) is 1.87. The van der Waals surface area contributed by atoms with Crippen LogP contribution in [0.2, 0.25) is 0 Å². The van der Waals surface area contributed by atoms with E-state index in [0.717, 1.165) is 16.5 Å². The minimum atomic E-state index is -0.360. The largest absolute Gasteiger partial charge is 0.459 e. The topological polar surface area (TPSA) is 62.6 Å². The zero-order chi connectivity index (χ0) is 20.2. The van der Waals surface area contributed by atoms with Gasteiger partial charge in [-0.1, -0.05) is 36.4 Å². The molecule has 0 spiro atoms. The molecule has 0 saturated carbocycles. The number of hydrogen-bond acceptors (Lipinski definition) is 3. The molecular weight excluding hydrogens is 364 g/mol. The molecular formula is C24H20N2O3. The van der Waals surface area contributed by atoms with E-state index in [9.17, 15) is 9.59 Å². The summed E-state index contributed by atoms with van der Waals surface area (Å²) in [4.78, 5) is 27.1. The van der Waals surface area contributed by atoms with E-state index in [-0.39, 0.29) is 17.6 Å². The lowest BCUT2D eigenvalue weighted by Crippen LogP contribution is -2.30. The molecule has 0 aliphatic heterocycles. The van der Waals surface area contributed by atoms with Crippen molar-refractivity contribution in [2.45, 2.75) is 6.92 Å². The molecule has 5 heteroatoms. The van der Waals surface area contributed by atoms with Crippen molar-refractivity contribution in [3.63, 3.8) is 0 Å². The molecule has 5 nitrogen and oxygen atoms in total. The summed E-state index contributed by atoms with van der Waals surface area (Å²) >= 11 is 0. The number of nitrogens with one attached hydrogen (secondary N) is 1. The number of amides is 2.